The average molecular weight is 623 g/mol. The van der Waals surface area contributed by atoms with Crippen LogP contribution in [0.4, 0.5) is 0 Å². The summed E-state index contributed by atoms with van der Waals surface area (Å²) in [5.74, 6) is 0. The fourth-order valence-electron chi connectivity index (χ4n) is 7.68. The summed E-state index contributed by atoms with van der Waals surface area (Å²) in [7, 11) is 0. The van der Waals surface area contributed by atoms with Crippen LogP contribution in [-0.4, -0.2) is 0 Å². The Morgan fingerprint density at radius 1 is 0.245 bits per heavy atom. The Morgan fingerprint density at radius 3 is 1.18 bits per heavy atom. The molecule has 0 bridgehead atoms. The van der Waals surface area contributed by atoms with Gasteiger partial charge in [-0.1, -0.05) is 188 Å². The number of aryl methyl sites for hydroxylation is 1. The van der Waals surface area contributed by atoms with E-state index in [0.29, 0.717) is 0 Å². The van der Waals surface area contributed by atoms with Crippen LogP contribution in [0.1, 0.15) is 5.56 Å². The van der Waals surface area contributed by atoms with E-state index in [2.05, 4.69) is 195 Å². The molecule has 0 N–H and O–H groups in total. The fraction of sp³-hybridized carbons (Fsp3) is 0.0204. The van der Waals surface area contributed by atoms with Gasteiger partial charge < -0.3 is 0 Å². The Hall–Kier alpha value is -6.24. The Balaban J connectivity index is 1.14. The van der Waals surface area contributed by atoms with Crippen molar-refractivity contribution in [2.24, 2.45) is 0 Å². The SMILES string of the molecule is Cc1ccccc1-c1c2ccccc2c(-c2ccccc2-c2ccc(-c3ccc(-c4cccc5ccccc45)cc3)cc2)c2ccccc12. The van der Waals surface area contributed by atoms with E-state index < -0.39 is 0 Å². The van der Waals surface area contributed by atoms with Crippen molar-refractivity contribution in [3.05, 3.63) is 194 Å². The molecule has 0 aliphatic carbocycles. The van der Waals surface area contributed by atoms with Gasteiger partial charge in [-0.05, 0) is 100 Å². The first-order valence-corrected chi connectivity index (χ1v) is 17.0. The molecule has 9 rings (SSSR count). The van der Waals surface area contributed by atoms with Crippen molar-refractivity contribution in [1.82, 2.24) is 0 Å². The molecule has 0 unspecified atom stereocenters. The minimum absolute atomic E-state index is 1.21. The molecule has 0 spiro atoms. The lowest BCUT2D eigenvalue weighted by atomic mass is 9.83. The van der Waals surface area contributed by atoms with Gasteiger partial charge >= 0.3 is 0 Å². The molecule has 49 heavy (non-hydrogen) atoms. The highest BCUT2D eigenvalue weighted by Crippen LogP contribution is 2.46. The maximum atomic E-state index is 2.29. The summed E-state index contributed by atoms with van der Waals surface area (Å²) in [6.45, 7) is 2.21. The lowest BCUT2D eigenvalue weighted by Crippen LogP contribution is -1.93. The van der Waals surface area contributed by atoms with E-state index in [0.717, 1.165) is 0 Å². The van der Waals surface area contributed by atoms with Crippen LogP contribution in [0.3, 0.4) is 0 Å². The first-order valence-electron chi connectivity index (χ1n) is 17.0. The van der Waals surface area contributed by atoms with Gasteiger partial charge in [0, 0.05) is 0 Å². The molecule has 0 atom stereocenters. The number of rotatable bonds is 5. The smallest absolute Gasteiger partial charge is 0.00201 e. The van der Waals surface area contributed by atoms with Crippen LogP contribution in [0.25, 0.3) is 88.0 Å². The summed E-state index contributed by atoms with van der Waals surface area (Å²) in [5.41, 5.74) is 13.8. The van der Waals surface area contributed by atoms with Crippen LogP contribution in [0.5, 0.6) is 0 Å². The van der Waals surface area contributed by atoms with Crippen molar-refractivity contribution in [3.63, 3.8) is 0 Å². The summed E-state index contributed by atoms with van der Waals surface area (Å²) in [4.78, 5) is 0. The first-order chi connectivity index (χ1) is 24.2. The van der Waals surface area contributed by atoms with Crippen molar-refractivity contribution >= 4 is 32.3 Å². The monoisotopic (exact) mass is 622 g/mol. The lowest BCUT2D eigenvalue weighted by Gasteiger charge is -2.20. The molecule has 0 aliphatic heterocycles. The quantitative estimate of drug-likeness (QED) is 0.168. The van der Waals surface area contributed by atoms with Gasteiger partial charge in [-0.3, -0.25) is 0 Å². The highest BCUT2D eigenvalue weighted by atomic mass is 14.2. The topological polar surface area (TPSA) is 0 Å². The molecule has 0 heteroatoms. The van der Waals surface area contributed by atoms with Gasteiger partial charge in [0.15, 0.2) is 0 Å². The molecule has 0 saturated carbocycles. The zero-order valence-electron chi connectivity index (χ0n) is 27.4. The van der Waals surface area contributed by atoms with E-state index in [-0.39, 0.29) is 0 Å². The molecule has 0 aliphatic rings. The molecule has 0 saturated heterocycles. The van der Waals surface area contributed by atoms with Gasteiger partial charge in [-0.15, -0.1) is 0 Å². The maximum absolute atomic E-state index is 2.29. The maximum Gasteiger partial charge on any atom is -0.00201 e. The third-order valence-electron chi connectivity index (χ3n) is 10.1. The van der Waals surface area contributed by atoms with Gasteiger partial charge in [0.25, 0.3) is 0 Å². The summed E-state index contributed by atoms with van der Waals surface area (Å²) in [6.07, 6.45) is 0. The summed E-state index contributed by atoms with van der Waals surface area (Å²) in [6, 6.07) is 68.7. The van der Waals surface area contributed by atoms with E-state index in [1.165, 1.54) is 93.5 Å². The molecule has 0 nitrogen and oxygen atoms in total. The Labute approximate surface area is 287 Å². The van der Waals surface area contributed by atoms with Gasteiger partial charge in [0.1, 0.15) is 0 Å². The summed E-state index contributed by atoms with van der Waals surface area (Å²) >= 11 is 0. The van der Waals surface area contributed by atoms with Crippen LogP contribution in [0.2, 0.25) is 0 Å². The van der Waals surface area contributed by atoms with Crippen LogP contribution in [0, 0.1) is 6.92 Å². The van der Waals surface area contributed by atoms with E-state index in [4.69, 9.17) is 0 Å². The average Bonchev–Trinajstić information content (AvgIpc) is 3.17. The van der Waals surface area contributed by atoms with Gasteiger partial charge in [-0.2, -0.15) is 0 Å². The Morgan fingerprint density at radius 2 is 0.612 bits per heavy atom. The highest BCUT2D eigenvalue weighted by molar-refractivity contribution is 6.22. The normalized spacial score (nSPS) is 11.4. The molecule has 0 amide bonds. The second kappa shape index (κ2) is 12.1. The number of benzene rings is 9. The molecule has 0 heterocycles. The van der Waals surface area contributed by atoms with E-state index in [1.807, 2.05) is 0 Å². The van der Waals surface area contributed by atoms with Crippen LogP contribution in [0.15, 0.2) is 188 Å². The van der Waals surface area contributed by atoms with Crippen LogP contribution < -0.4 is 0 Å². The van der Waals surface area contributed by atoms with Gasteiger partial charge in [-0.25, -0.2) is 0 Å². The van der Waals surface area contributed by atoms with Gasteiger partial charge in [0.05, 0.1) is 0 Å². The second-order valence-corrected chi connectivity index (χ2v) is 12.9. The Kier molecular flexibility index (Phi) is 7.14. The standard InChI is InChI=1S/C49H34/c1-33-13-2-4-16-39(33)48-44-20-8-10-22-46(44)49(47-23-11-9-21-45(47)48)43-19-7-6-18-42(43)38-31-27-35(28-32-38)34-25-29-37(30-26-34)41-24-12-15-36-14-3-5-17-40(36)41/h2-32H,1H3. The third kappa shape index (κ3) is 5.01. The summed E-state index contributed by atoms with van der Waals surface area (Å²) < 4.78 is 0. The Bertz CT molecular complexity index is 2580. The van der Waals surface area contributed by atoms with Crippen molar-refractivity contribution in [1.29, 1.82) is 0 Å². The molecule has 230 valence electrons. The van der Waals surface area contributed by atoms with Crippen LogP contribution >= 0.6 is 0 Å². The number of fused-ring (bicyclic) bond motifs is 3. The summed E-state index contributed by atoms with van der Waals surface area (Å²) in [5, 5.41) is 7.66. The minimum Gasteiger partial charge on any atom is -0.0620 e. The molecule has 0 radical (unpaired) electrons. The lowest BCUT2D eigenvalue weighted by molar-refractivity contribution is 1.47. The van der Waals surface area contributed by atoms with Crippen molar-refractivity contribution in [2.45, 2.75) is 6.92 Å². The number of hydrogen-bond donors (Lipinski definition) is 0. The third-order valence-corrected chi connectivity index (χ3v) is 10.1. The second-order valence-electron chi connectivity index (χ2n) is 12.9. The molecule has 9 aromatic rings. The molecular weight excluding hydrogens is 589 g/mol. The predicted molar refractivity (Wildman–Crippen MR) is 211 cm³/mol. The number of hydrogen-bond acceptors (Lipinski definition) is 0. The van der Waals surface area contributed by atoms with E-state index in [9.17, 15) is 0 Å². The largest absolute Gasteiger partial charge is 0.0620 e. The zero-order chi connectivity index (χ0) is 32.7. The van der Waals surface area contributed by atoms with Gasteiger partial charge in [0.2, 0.25) is 0 Å². The van der Waals surface area contributed by atoms with E-state index in [1.54, 1.807) is 0 Å². The first kappa shape index (κ1) is 28.9. The molecule has 0 fully saturated rings. The fourth-order valence-corrected chi connectivity index (χ4v) is 7.68. The molecule has 9 aromatic carbocycles. The van der Waals surface area contributed by atoms with Crippen molar-refractivity contribution < 1.29 is 0 Å². The van der Waals surface area contributed by atoms with Crippen molar-refractivity contribution in [3.8, 4) is 55.6 Å². The highest BCUT2D eigenvalue weighted by Gasteiger charge is 2.19. The molecular formula is C49H34. The van der Waals surface area contributed by atoms with Crippen molar-refractivity contribution in [2.75, 3.05) is 0 Å². The predicted octanol–water partition coefficient (Wildman–Crippen LogP) is 13.8. The minimum atomic E-state index is 1.21. The zero-order valence-corrected chi connectivity index (χ0v) is 27.4. The van der Waals surface area contributed by atoms with Crippen LogP contribution in [-0.2, 0) is 0 Å². The van der Waals surface area contributed by atoms with E-state index >= 15 is 0 Å². The molecule has 0 aromatic heterocycles.